The highest BCUT2D eigenvalue weighted by Crippen LogP contribution is 2.48. The molecule has 0 amide bonds. The Bertz CT molecular complexity index is 2000. The minimum atomic E-state index is -2.47. The third kappa shape index (κ3) is 12.5. The molecule has 4 aromatic rings. The SMILES string of the molecule is CCCN(CCC)c1cc(C#CC2=C(c3ccccc3)C(c3ccccc3)=C(C#Cc3cc(N(CCC)CCC)cc(N(CCC)CCC)c3)[Si]2(C)C)cc(N(CCC)CCC)c1. The summed E-state index contributed by atoms with van der Waals surface area (Å²) in [7, 11) is -2.47. The molecule has 1 aliphatic rings. The lowest BCUT2D eigenvalue weighted by atomic mass is 9.91. The van der Waals surface area contributed by atoms with Crippen molar-refractivity contribution >= 4 is 42.0 Å². The number of nitrogens with zero attached hydrogens (tertiary/aromatic N) is 4. The largest absolute Gasteiger partial charge is 0.371 e. The molecule has 0 N–H and O–H groups in total. The molecule has 0 radical (unpaired) electrons. The first kappa shape index (κ1) is 48.9. The van der Waals surface area contributed by atoms with Crippen LogP contribution in [-0.2, 0) is 0 Å². The van der Waals surface area contributed by atoms with Crippen LogP contribution in [0.4, 0.5) is 22.7 Å². The van der Waals surface area contributed by atoms with Crippen molar-refractivity contribution < 1.29 is 0 Å². The number of hydrogen-bond acceptors (Lipinski definition) is 4. The van der Waals surface area contributed by atoms with Crippen LogP contribution in [0.2, 0.25) is 13.1 Å². The molecular weight excluding hydrogens is 781 g/mol. The monoisotopic (exact) mass is 859 g/mol. The molecule has 5 rings (SSSR count). The summed E-state index contributed by atoms with van der Waals surface area (Å²) in [5, 5.41) is 2.51. The molecule has 0 aliphatic carbocycles. The zero-order chi connectivity index (χ0) is 45.2. The Hall–Kier alpha value is -5.10. The normalized spacial score (nSPS) is 13.0. The molecule has 0 spiro atoms. The summed E-state index contributed by atoms with van der Waals surface area (Å²) in [6.45, 7) is 31.5. The van der Waals surface area contributed by atoms with E-state index in [9.17, 15) is 0 Å². The predicted molar refractivity (Wildman–Crippen MR) is 282 cm³/mol. The van der Waals surface area contributed by atoms with Crippen molar-refractivity contribution in [3.63, 3.8) is 0 Å². The maximum atomic E-state index is 3.96. The fourth-order valence-corrected chi connectivity index (χ4v) is 12.0. The van der Waals surface area contributed by atoms with Crippen molar-refractivity contribution in [3.05, 3.63) is 130 Å². The Labute approximate surface area is 385 Å². The molecule has 0 bridgehead atoms. The Morgan fingerprint density at radius 3 is 0.841 bits per heavy atom. The van der Waals surface area contributed by atoms with Crippen LogP contribution in [0.5, 0.6) is 0 Å². The van der Waals surface area contributed by atoms with Gasteiger partial charge in [0.25, 0.3) is 0 Å². The van der Waals surface area contributed by atoms with Crippen LogP contribution in [0.25, 0.3) is 11.1 Å². The predicted octanol–water partition coefficient (Wildman–Crippen LogP) is 14.3. The summed E-state index contributed by atoms with van der Waals surface area (Å²) < 4.78 is 0. The maximum Gasteiger partial charge on any atom is 0.135 e. The fraction of sp³-hybridized carbons (Fsp3) is 0.448. The molecule has 0 unspecified atom stereocenters. The number of rotatable bonds is 22. The summed E-state index contributed by atoms with van der Waals surface area (Å²) in [6, 6.07) is 36.2. The summed E-state index contributed by atoms with van der Waals surface area (Å²) in [6.07, 6.45) is 8.90. The molecule has 1 heterocycles. The average molecular weight is 859 g/mol. The Morgan fingerprint density at radius 2 is 0.603 bits per heavy atom. The van der Waals surface area contributed by atoms with Gasteiger partial charge in [-0.2, -0.15) is 0 Å². The molecular formula is C58H78N4Si. The summed E-state index contributed by atoms with van der Waals surface area (Å²) in [5.74, 6) is 15.6. The van der Waals surface area contributed by atoms with Crippen LogP contribution in [0.15, 0.2) is 107 Å². The van der Waals surface area contributed by atoms with Crippen LogP contribution >= 0.6 is 0 Å². The van der Waals surface area contributed by atoms with E-state index < -0.39 is 8.07 Å². The van der Waals surface area contributed by atoms with E-state index >= 15 is 0 Å². The maximum absolute atomic E-state index is 3.96. The van der Waals surface area contributed by atoms with E-state index in [1.807, 2.05) is 0 Å². The van der Waals surface area contributed by atoms with Crippen molar-refractivity contribution in [2.24, 2.45) is 0 Å². The van der Waals surface area contributed by atoms with Crippen LogP contribution < -0.4 is 19.6 Å². The Kier molecular flexibility index (Phi) is 19.2. The van der Waals surface area contributed by atoms with Gasteiger partial charge in [0.15, 0.2) is 0 Å². The molecule has 1 aliphatic heterocycles. The third-order valence-electron chi connectivity index (χ3n) is 12.0. The number of hydrogen-bond donors (Lipinski definition) is 0. The summed E-state index contributed by atoms with van der Waals surface area (Å²) in [4.78, 5) is 10.2. The van der Waals surface area contributed by atoms with Gasteiger partial charge < -0.3 is 19.6 Å². The molecule has 334 valence electrons. The van der Waals surface area contributed by atoms with Crippen molar-refractivity contribution in [1.82, 2.24) is 0 Å². The highest BCUT2D eigenvalue weighted by atomic mass is 28.3. The lowest BCUT2D eigenvalue weighted by molar-refractivity contribution is 0.736. The van der Waals surface area contributed by atoms with Gasteiger partial charge >= 0.3 is 0 Å². The summed E-state index contributed by atoms with van der Waals surface area (Å²) >= 11 is 0. The number of benzene rings is 4. The topological polar surface area (TPSA) is 13.0 Å². The second kappa shape index (κ2) is 24.7. The number of allylic oxidation sites excluding steroid dienone is 4. The van der Waals surface area contributed by atoms with E-state index in [0.717, 1.165) is 115 Å². The second-order valence-electron chi connectivity index (χ2n) is 17.8. The zero-order valence-electron chi connectivity index (χ0n) is 40.8. The minimum Gasteiger partial charge on any atom is -0.371 e. The fourth-order valence-electron chi connectivity index (χ4n) is 9.20. The smallest absolute Gasteiger partial charge is 0.135 e. The van der Waals surface area contributed by atoms with Crippen LogP contribution in [0, 0.1) is 23.7 Å². The van der Waals surface area contributed by atoms with Gasteiger partial charge in [0.2, 0.25) is 0 Å². The first-order valence-corrected chi connectivity index (χ1v) is 27.6. The lowest BCUT2D eigenvalue weighted by Crippen LogP contribution is -2.29. The van der Waals surface area contributed by atoms with Gasteiger partial charge in [0.05, 0.1) is 0 Å². The first-order valence-electron chi connectivity index (χ1n) is 24.6. The first-order chi connectivity index (χ1) is 30.7. The van der Waals surface area contributed by atoms with Crippen LogP contribution in [-0.4, -0.2) is 60.4 Å². The zero-order valence-corrected chi connectivity index (χ0v) is 41.8. The second-order valence-corrected chi connectivity index (χ2v) is 22.0. The molecule has 0 aromatic heterocycles. The minimum absolute atomic E-state index is 1.04. The van der Waals surface area contributed by atoms with Gasteiger partial charge in [0.1, 0.15) is 8.07 Å². The van der Waals surface area contributed by atoms with E-state index in [4.69, 9.17) is 0 Å². The van der Waals surface area contributed by atoms with Crippen molar-refractivity contribution in [3.8, 4) is 23.7 Å². The Balaban J connectivity index is 1.77. The molecule has 0 atom stereocenters. The van der Waals surface area contributed by atoms with E-state index in [-0.39, 0.29) is 0 Å². The van der Waals surface area contributed by atoms with E-state index in [1.54, 1.807) is 0 Å². The average Bonchev–Trinajstić information content (AvgIpc) is 3.52. The van der Waals surface area contributed by atoms with E-state index in [2.05, 4.69) is 209 Å². The molecule has 4 aromatic carbocycles. The highest BCUT2D eigenvalue weighted by Gasteiger charge is 2.42. The third-order valence-corrected chi connectivity index (χ3v) is 15.3. The molecule has 63 heavy (non-hydrogen) atoms. The number of anilines is 4. The quantitative estimate of drug-likeness (QED) is 0.0576. The van der Waals surface area contributed by atoms with Gasteiger partial charge in [-0.1, -0.05) is 153 Å². The van der Waals surface area contributed by atoms with Crippen molar-refractivity contribution in [2.45, 2.75) is 120 Å². The molecule has 0 saturated carbocycles. The lowest BCUT2D eigenvalue weighted by Gasteiger charge is -2.28. The van der Waals surface area contributed by atoms with Gasteiger partial charge in [-0.25, -0.2) is 0 Å². The van der Waals surface area contributed by atoms with Crippen LogP contribution in [0.1, 0.15) is 129 Å². The van der Waals surface area contributed by atoms with Gasteiger partial charge in [-0.15, -0.1) is 0 Å². The standard InChI is InChI=1S/C58H78N4Si/c1-11-33-59(34-12-2)51-41-47(42-52(45-51)60(35-13-3)36-14-4)29-31-55-57(49-25-21-19-22-26-49)58(50-27-23-20-24-28-50)56(63(55,9)10)32-30-48-43-53(61(37-15-5)38-16-6)46-54(44-48)62(39-17-7)40-18-8/h19-28,41-46H,11-18,33-40H2,1-10H3. The summed E-state index contributed by atoms with van der Waals surface area (Å²) in [5.41, 5.74) is 12.2. The molecule has 4 nitrogen and oxygen atoms in total. The van der Waals surface area contributed by atoms with Crippen molar-refractivity contribution in [1.29, 1.82) is 0 Å². The van der Waals surface area contributed by atoms with Crippen LogP contribution in [0.3, 0.4) is 0 Å². The van der Waals surface area contributed by atoms with Gasteiger partial charge in [-0.05, 0) is 110 Å². The molecule has 0 fully saturated rings. The Morgan fingerprint density at radius 1 is 0.349 bits per heavy atom. The molecule has 5 heteroatoms. The highest BCUT2D eigenvalue weighted by molar-refractivity contribution is 6.96. The van der Waals surface area contributed by atoms with Gasteiger partial charge in [-0.3, -0.25) is 0 Å². The van der Waals surface area contributed by atoms with E-state index in [1.165, 1.54) is 55.4 Å². The van der Waals surface area contributed by atoms with Gasteiger partial charge in [0, 0.05) is 96.6 Å². The molecule has 0 saturated heterocycles. The van der Waals surface area contributed by atoms with Crippen molar-refractivity contribution in [2.75, 3.05) is 72.0 Å². The van der Waals surface area contributed by atoms with E-state index in [0.29, 0.717) is 0 Å².